The number of hydrogen-bond acceptors (Lipinski definition) is 3. The summed E-state index contributed by atoms with van der Waals surface area (Å²) in [6.07, 6.45) is 5.36. The van der Waals surface area contributed by atoms with Gasteiger partial charge in [-0.1, -0.05) is 12.0 Å². The summed E-state index contributed by atoms with van der Waals surface area (Å²) in [5.41, 5.74) is 2.70. The van der Waals surface area contributed by atoms with Crippen molar-refractivity contribution in [1.29, 1.82) is 0 Å². The van der Waals surface area contributed by atoms with Crippen molar-refractivity contribution in [2.24, 2.45) is 0 Å². The highest BCUT2D eigenvalue weighted by molar-refractivity contribution is 5.92. The number of carboxylic acids is 1. The zero-order valence-corrected chi connectivity index (χ0v) is 10.3. The molecule has 1 heterocycles. The first-order chi connectivity index (χ1) is 9.67. The van der Waals surface area contributed by atoms with Crippen LogP contribution in [0.2, 0.25) is 0 Å². The number of carbonyl (C=O) groups is 1. The van der Waals surface area contributed by atoms with Crippen molar-refractivity contribution in [3.8, 4) is 23.8 Å². The van der Waals surface area contributed by atoms with E-state index in [9.17, 15) is 4.79 Å². The van der Waals surface area contributed by atoms with Crippen molar-refractivity contribution in [2.45, 2.75) is 0 Å². The van der Waals surface area contributed by atoms with Crippen molar-refractivity contribution < 1.29 is 14.3 Å². The first-order valence-electron chi connectivity index (χ1n) is 5.88. The van der Waals surface area contributed by atoms with E-state index in [0.717, 1.165) is 11.1 Å². The van der Waals surface area contributed by atoms with Gasteiger partial charge in [-0.3, -0.25) is 0 Å². The quantitative estimate of drug-likeness (QED) is 0.721. The predicted octanol–water partition coefficient (Wildman–Crippen LogP) is 3.17. The van der Waals surface area contributed by atoms with Gasteiger partial charge >= 0.3 is 5.97 Å². The molecule has 4 nitrogen and oxygen atoms in total. The average Bonchev–Trinajstić information content (AvgIpc) is 2.90. The molecule has 0 aliphatic heterocycles. The van der Waals surface area contributed by atoms with Gasteiger partial charge in [-0.15, -0.1) is 6.42 Å². The van der Waals surface area contributed by atoms with Crippen LogP contribution >= 0.6 is 0 Å². The van der Waals surface area contributed by atoms with Crippen LogP contribution in [0, 0.1) is 12.3 Å². The minimum Gasteiger partial charge on any atom is -0.478 e. The lowest BCUT2D eigenvalue weighted by Gasteiger charge is -1.95. The van der Waals surface area contributed by atoms with Crippen LogP contribution in [0.3, 0.4) is 0 Å². The monoisotopic (exact) mass is 263 g/mol. The number of carboxylic acid groups (broad SMARTS) is 1. The van der Waals surface area contributed by atoms with E-state index in [-0.39, 0.29) is 5.56 Å². The number of rotatable bonds is 2. The number of terminal acetylenes is 1. The molecule has 1 N–H and O–H groups in total. The van der Waals surface area contributed by atoms with Gasteiger partial charge in [0, 0.05) is 11.1 Å². The van der Waals surface area contributed by atoms with Crippen LogP contribution in [0.5, 0.6) is 0 Å². The first kappa shape index (κ1) is 12.0. The van der Waals surface area contributed by atoms with E-state index < -0.39 is 5.97 Å². The molecule has 0 spiro atoms. The summed E-state index contributed by atoms with van der Waals surface area (Å²) >= 11 is 0. The van der Waals surface area contributed by atoms with Gasteiger partial charge in [0.15, 0.2) is 5.58 Å². The smallest absolute Gasteiger partial charge is 0.335 e. The number of aromatic carboxylic acids is 1. The van der Waals surface area contributed by atoms with E-state index in [1.165, 1.54) is 12.1 Å². The zero-order valence-electron chi connectivity index (χ0n) is 10.3. The standard InChI is InChI=1S/C16H9NO3/c1-2-10-4-3-5-11(8-10)15-17-13-7-6-12(16(18)19)9-14(13)20-15/h1,3-9H,(H,18,19). The lowest BCUT2D eigenvalue weighted by atomic mass is 10.1. The van der Waals surface area contributed by atoms with E-state index in [2.05, 4.69) is 10.9 Å². The highest BCUT2D eigenvalue weighted by atomic mass is 16.4. The lowest BCUT2D eigenvalue weighted by molar-refractivity contribution is 0.0697. The Labute approximate surface area is 114 Å². The summed E-state index contributed by atoms with van der Waals surface area (Å²) in [5.74, 6) is 1.96. The Morgan fingerprint density at radius 1 is 1.25 bits per heavy atom. The highest BCUT2D eigenvalue weighted by Crippen LogP contribution is 2.25. The SMILES string of the molecule is C#Cc1cccc(-c2nc3ccc(C(=O)O)cc3o2)c1. The molecule has 4 heteroatoms. The summed E-state index contributed by atoms with van der Waals surface area (Å²) < 4.78 is 5.60. The minimum atomic E-state index is -1.00. The van der Waals surface area contributed by atoms with E-state index >= 15 is 0 Å². The van der Waals surface area contributed by atoms with Crippen LogP contribution in [0.25, 0.3) is 22.6 Å². The number of aromatic nitrogens is 1. The molecule has 3 rings (SSSR count). The topological polar surface area (TPSA) is 63.3 Å². The van der Waals surface area contributed by atoms with Crippen molar-refractivity contribution in [1.82, 2.24) is 4.98 Å². The van der Waals surface area contributed by atoms with Gasteiger partial charge in [-0.2, -0.15) is 0 Å². The van der Waals surface area contributed by atoms with Crippen molar-refractivity contribution in [3.05, 3.63) is 53.6 Å². The van der Waals surface area contributed by atoms with Crippen LogP contribution in [0.4, 0.5) is 0 Å². The maximum Gasteiger partial charge on any atom is 0.335 e. The highest BCUT2D eigenvalue weighted by Gasteiger charge is 2.11. The Bertz CT molecular complexity index is 856. The molecular formula is C16H9NO3. The van der Waals surface area contributed by atoms with E-state index in [1.807, 2.05) is 18.2 Å². The predicted molar refractivity (Wildman–Crippen MR) is 74.3 cm³/mol. The summed E-state index contributed by atoms with van der Waals surface area (Å²) in [4.78, 5) is 15.3. The zero-order chi connectivity index (χ0) is 14.1. The molecule has 20 heavy (non-hydrogen) atoms. The van der Waals surface area contributed by atoms with E-state index in [0.29, 0.717) is 17.0 Å². The second kappa shape index (κ2) is 4.56. The van der Waals surface area contributed by atoms with Crippen LogP contribution < -0.4 is 0 Å². The molecule has 96 valence electrons. The summed E-state index contributed by atoms with van der Waals surface area (Å²) in [6.45, 7) is 0. The number of nitrogens with zero attached hydrogens (tertiary/aromatic N) is 1. The molecule has 0 aliphatic rings. The molecule has 0 bridgehead atoms. The Morgan fingerprint density at radius 3 is 2.85 bits per heavy atom. The molecule has 0 unspecified atom stereocenters. The molecule has 0 amide bonds. The third-order valence-electron chi connectivity index (χ3n) is 2.91. The molecule has 0 radical (unpaired) electrons. The third kappa shape index (κ3) is 2.02. The Hall–Kier alpha value is -3.06. The van der Waals surface area contributed by atoms with Gasteiger partial charge in [0.2, 0.25) is 5.89 Å². The maximum atomic E-state index is 10.9. The van der Waals surface area contributed by atoms with E-state index in [4.69, 9.17) is 15.9 Å². The van der Waals surface area contributed by atoms with Crippen LogP contribution in [0.15, 0.2) is 46.9 Å². The summed E-state index contributed by atoms with van der Waals surface area (Å²) in [5, 5.41) is 8.95. The molecule has 3 aromatic rings. The van der Waals surface area contributed by atoms with Crippen molar-refractivity contribution in [2.75, 3.05) is 0 Å². The van der Waals surface area contributed by atoms with Gasteiger partial charge < -0.3 is 9.52 Å². The van der Waals surface area contributed by atoms with Gasteiger partial charge in [-0.25, -0.2) is 9.78 Å². The number of fused-ring (bicyclic) bond motifs is 1. The average molecular weight is 263 g/mol. The molecule has 2 aromatic carbocycles. The molecule has 0 aliphatic carbocycles. The number of hydrogen-bond donors (Lipinski definition) is 1. The molecule has 0 atom stereocenters. The van der Waals surface area contributed by atoms with Crippen molar-refractivity contribution in [3.63, 3.8) is 0 Å². The fourth-order valence-electron chi connectivity index (χ4n) is 1.92. The largest absolute Gasteiger partial charge is 0.478 e. The molecule has 0 fully saturated rings. The van der Waals surface area contributed by atoms with Crippen LogP contribution in [-0.2, 0) is 0 Å². The first-order valence-corrected chi connectivity index (χ1v) is 5.88. The normalized spacial score (nSPS) is 10.3. The summed E-state index contributed by atoms with van der Waals surface area (Å²) in [7, 11) is 0. The van der Waals surface area contributed by atoms with Gasteiger partial charge in [0.25, 0.3) is 0 Å². The third-order valence-corrected chi connectivity index (χ3v) is 2.91. The molecular weight excluding hydrogens is 254 g/mol. The van der Waals surface area contributed by atoms with Gasteiger partial charge in [0.05, 0.1) is 5.56 Å². The number of oxazole rings is 1. The fourth-order valence-corrected chi connectivity index (χ4v) is 1.92. The van der Waals surface area contributed by atoms with Crippen LogP contribution in [-0.4, -0.2) is 16.1 Å². The maximum absolute atomic E-state index is 10.9. The second-order valence-corrected chi connectivity index (χ2v) is 4.23. The lowest BCUT2D eigenvalue weighted by Crippen LogP contribution is -1.94. The Morgan fingerprint density at radius 2 is 2.10 bits per heavy atom. The fraction of sp³-hybridized carbons (Fsp3) is 0. The van der Waals surface area contributed by atoms with Gasteiger partial charge in [0.1, 0.15) is 5.52 Å². The minimum absolute atomic E-state index is 0.164. The van der Waals surface area contributed by atoms with E-state index in [1.54, 1.807) is 12.1 Å². The van der Waals surface area contributed by atoms with Gasteiger partial charge in [-0.05, 0) is 36.4 Å². The van der Waals surface area contributed by atoms with Crippen LogP contribution in [0.1, 0.15) is 15.9 Å². The molecule has 1 aromatic heterocycles. The summed E-state index contributed by atoms with van der Waals surface area (Å²) in [6, 6.07) is 11.8. The molecule has 0 saturated heterocycles. The Balaban J connectivity index is 2.13. The number of benzene rings is 2. The van der Waals surface area contributed by atoms with Crippen molar-refractivity contribution >= 4 is 17.1 Å². The Kier molecular flexibility index (Phi) is 2.73. The second-order valence-electron chi connectivity index (χ2n) is 4.23. The molecule has 0 saturated carbocycles.